The Bertz CT molecular complexity index is 868. The molecule has 0 radical (unpaired) electrons. The molecule has 1 heterocycles. The third-order valence-corrected chi connectivity index (χ3v) is 7.07. The predicted octanol–water partition coefficient (Wildman–Crippen LogP) is 2.02. The summed E-state index contributed by atoms with van der Waals surface area (Å²) in [7, 11) is -5.04. The zero-order valence-electron chi connectivity index (χ0n) is 20.6. The number of esters is 1. The molecule has 0 aromatic heterocycles. The van der Waals surface area contributed by atoms with Crippen molar-refractivity contribution in [3.63, 3.8) is 0 Å². The molecule has 0 aromatic carbocycles. The Morgan fingerprint density at radius 2 is 2.06 bits per heavy atom. The molecule has 7 N–H and O–H groups in total. The van der Waals surface area contributed by atoms with Gasteiger partial charge in [0.25, 0.3) is 0 Å². The number of hydrogen-bond donors (Lipinski definition) is 6. The number of cyclic esters (lactones) is 1. The summed E-state index contributed by atoms with van der Waals surface area (Å²) in [5.74, 6) is -0.416. The zero-order chi connectivity index (χ0) is 26.8. The van der Waals surface area contributed by atoms with Gasteiger partial charge in [0.1, 0.15) is 17.8 Å². The van der Waals surface area contributed by atoms with E-state index in [2.05, 4.69) is 0 Å². The molecule has 10 nitrogen and oxygen atoms in total. The van der Waals surface area contributed by atoms with Gasteiger partial charge >= 0.3 is 13.8 Å². The van der Waals surface area contributed by atoms with Crippen molar-refractivity contribution in [1.82, 2.24) is 0 Å². The number of carbonyl (C=O) groups excluding carboxylic acids is 1. The van der Waals surface area contributed by atoms with Crippen LogP contribution in [0.15, 0.2) is 48.6 Å². The average molecular weight is 530 g/mol. The van der Waals surface area contributed by atoms with Crippen LogP contribution >= 0.6 is 7.82 Å². The number of aliphatic hydroxyl groups is 3. The maximum atomic E-state index is 11.7. The molecule has 2 aliphatic rings. The van der Waals surface area contributed by atoms with Crippen LogP contribution < -0.4 is 5.73 Å². The van der Waals surface area contributed by atoms with E-state index in [4.69, 9.17) is 15.0 Å². The smallest absolute Gasteiger partial charge is 0.454 e. The van der Waals surface area contributed by atoms with Crippen LogP contribution in [0.5, 0.6) is 0 Å². The first-order valence-electron chi connectivity index (χ1n) is 12.4. The van der Waals surface area contributed by atoms with E-state index in [0.717, 1.165) is 19.3 Å². The molecule has 0 amide bonds. The van der Waals surface area contributed by atoms with Gasteiger partial charge in [0.15, 0.2) is 0 Å². The van der Waals surface area contributed by atoms with Crippen molar-refractivity contribution in [3.8, 4) is 0 Å². The van der Waals surface area contributed by atoms with Crippen LogP contribution in [-0.4, -0.2) is 67.6 Å². The predicted molar refractivity (Wildman–Crippen MR) is 134 cm³/mol. The van der Waals surface area contributed by atoms with Crippen LogP contribution in [0.2, 0.25) is 0 Å². The molecular weight excluding hydrogens is 489 g/mol. The van der Waals surface area contributed by atoms with Crippen LogP contribution in [-0.2, 0) is 18.6 Å². The molecule has 1 fully saturated rings. The highest BCUT2D eigenvalue weighted by atomic mass is 31.2. The van der Waals surface area contributed by atoms with Crippen molar-refractivity contribution in [3.05, 3.63) is 48.6 Å². The number of phosphoric acid groups is 1. The Balaban J connectivity index is 2.16. The van der Waals surface area contributed by atoms with E-state index in [1.54, 1.807) is 18.2 Å². The van der Waals surface area contributed by atoms with E-state index in [9.17, 15) is 34.5 Å². The van der Waals surface area contributed by atoms with Crippen molar-refractivity contribution in [2.24, 2.45) is 17.6 Å². The average Bonchev–Trinajstić information content (AvgIpc) is 2.79. The molecule has 204 valence electrons. The largest absolute Gasteiger partial charge is 0.469 e. The molecule has 0 unspecified atom stereocenters. The number of nitrogens with two attached hydrogens (primary N) is 1. The Morgan fingerprint density at radius 1 is 1.31 bits per heavy atom. The molecular formula is C25H40NO9P. The highest BCUT2D eigenvalue weighted by Gasteiger charge is 2.40. The summed E-state index contributed by atoms with van der Waals surface area (Å²) in [6.45, 7) is 1.87. The van der Waals surface area contributed by atoms with Crippen LogP contribution in [0.25, 0.3) is 0 Å². The van der Waals surface area contributed by atoms with E-state index < -0.39 is 37.7 Å². The lowest BCUT2D eigenvalue weighted by atomic mass is 9.86. The molecule has 0 saturated heterocycles. The minimum Gasteiger partial charge on any atom is -0.454 e. The summed E-state index contributed by atoms with van der Waals surface area (Å²) in [6.07, 6.45) is 12.5. The minimum atomic E-state index is -5.04. The Kier molecular flexibility index (Phi) is 12.2. The van der Waals surface area contributed by atoms with Crippen molar-refractivity contribution in [1.29, 1.82) is 0 Å². The summed E-state index contributed by atoms with van der Waals surface area (Å²) in [5, 5.41) is 31.6. The molecule has 1 saturated carbocycles. The van der Waals surface area contributed by atoms with Gasteiger partial charge in [-0.05, 0) is 50.6 Å². The molecule has 2 rings (SSSR count). The van der Waals surface area contributed by atoms with Gasteiger partial charge in [-0.3, -0.25) is 4.52 Å². The van der Waals surface area contributed by atoms with E-state index in [1.165, 1.54) is 24.3 Å². The Labute approximate surface area is 212 Å². The van der Waals surface area contributed by atoms with Crippen LogP contribution in [0.3, 0.4) is 0 Å². The number of rotatable bonds is 13. The number of aliphatic hydroxyl groups excluding tert-OH is 2. The second kappa shape index (κ2) is 14.4. The number of allylic oxidation sites excluding steroid dienone is 3. The van der Waals surface area contributed by atoms with Crippen LogP contribution in [0, 0.1) is 11.8 Å². The van der Waals surface area contributed by atoms with Gasteiger partial charge in [0.2, 0.25) is 0 Å². The normalized spacial score (nSPS) is 29.0. The van der Waals surface area contributed by atoms with Gasteiger partial charge in [-0.2, -0.15) is 0 Å². The first-order chi connectivity index (χ1) is 17.0. The molecule has 0 aromatic rings. The SMILES string of the molecule is CC[C@H]1C=CC(=O)O[C@H]1/C=C/[C@](O)(CCN)[C@@H](C[C@@H](O)/C=C\C=C/[C@@H]1CCC[C@H](O)C1)OP(=O)(O)O. The molecule has 0 spiro atoms. The fourth-order valence-corrected chi connectivity index (χ4v) is 5.16. The van der Waals surface area contributed by atoms with Crippen LogP contribution in [0.4, 0.5) is 0 Å². The molecule has 11 heteroatoms. The van der Waals surface area contributed by atoms with Gasteiger partial charge in [-0.1, -0.05) is 49.8 Å². The number of carbonyl (C=O) groups is 1. The highest BCUT2D eigenvalue weighted by Crippen LogP contribution is 2.42. The molecule has 0 bridgehead atoms. The Hall–Kier alpha value is -1.62. The third kappa shape index (κ3) is 10.4. The number of phosphoric ester groups is 1. The van der Waals surface area contributed by atoms with E-state index >= 15 is 0 Å². The molecule has 1 aliphatic carbocycles. The molecule has 7 atom stereocenters. The van der Waals surface area contributed by atoms with E-state index in [-0.39, 0.29) is 37.3 Å². The molecule has 36 heavy (non-hydrogen) atoms. The zero-order valence-corrected chi connectivity index (χ0v) is 21.5. The standard InChI is InChI=1S/C25H40NO9P/c1-2-19-10-11-24(29)34-22(19)12-13-25(30,14-15-26)23(35-36(31,32)33)17-21(28)8-4-3-6-18-7-5-9-20(27)16-18/h3-4,6,8,10-13,18-23,27-28,30H,2,5,7,9,14-17,26H2,1H3,(H2,31,32,33)/b6-3-,8-4-,13-12+/t18-,19+,20+,21+,22+,23-,25+/m1/s1. The maximum Gasteiger partial charge on any atom is 0.469 e. The van der Waals surface area contributed by atoms with Crippen molar-refractivity contribution < 1.29 is 43.7 Å². The summed E-state index contributed by atoms with van der Waals surface area (Å²) < 4.78 is 21.9. The summed E-state index contributed by atoms with van der Waals surface area (Å²) in [4.78, 5) is 30.6. The second-order valence-electron chi connectivity index (χ2n) is 9.46. The van der Waals surface area contributed by atoms with Crippen molar-refractivity contribution in [2.75, 3.05) is 6.54 Å². The lowest BCUT2D eigenvalue weighted by Crippen LogP contribution is -2.45. The van der Waals surface area contributed by atoms with Crippen molar-refractivity contribution in [2.45, 2.75) is 81.9 Å². The maximum absolute atomic E-state index is 11.7. The first-order valence-corrected chi connectivity index (χ1v) is 13.9. The number of ether oxygens (including phenoxy) is 1. The van der Waals surface area contributed by atoms with Gasteiger partial charge < -0.3 is 35.6 Å². The van der Waals surface area contributed by atoms with Gasteiger partial charge in [0, 0.05) is 18.4 Å². The fourth-order valence-electron chi connectivity index (χ4n) is 4.56. The van der Waals surface area contributed by atoms with Gasteiger partial charge in [-0.25, -0.2) is 9.36 Å². The monoisotopic (exact) mass is 529 g/mol. The molecule has 1 aliphatic heterocycles. The lowest BCUT2D eigenvalue weighted by molar-refractivity contribution is -0.143. The van der Waals surface area contributed by atoms with Gasteiger partial charge in [-0.15, -0.1) is 0 Å². The van der Waals surface area contributed by atoms with E-state index in [1.807, 2.05) is 13.0 Å². The quantitative estimate of drug-likeness (QED) is 0.0894. The first kappa shape index (κ1) is 30.6. The van der Waals surface area contributed by atoms with Crippen molar-refractivity contribution >= 4 is 13.8 Å². The van der Waals surface area contributed by atoms with Gasteiger partial charge in [0.05, 0.1) is 12.2 Å². The second-order valence-corrected chi connectivity index (χ2v) is 10.7. The fraction of sp³-hybridized carbons (Fsp3) is 0.640. The topological polar surface area (TPSA) is 180 Å². The summed E-state index contributed by atoms with van der Waals surface area (Å²) in [6, 6.07) is 0. The highest BCUT2D eigenvalue weighted by molar-refractivity contribution is 7.46. The number of hydrogen-bond acceptors (Lipinski definition) is 8. The van der Waals surface area contributed by atoms with E-state index in [0.29, 0.717) is 12.8 Å². The summed E-state index contributed by atoms with van der Waals surface area (Å²) >= 11 is 0. The minimum absolute atomic E-state index is 0.0364. The lowest BCUT2D eigenvalue weighted by Gasteiger charge is -2.35. The third-order valence-electron chi connectivity index (χ3n) is 6.54. The van der Waals surface area contributed by atoms with Crippen LogP contribution in [0.1, 0.15) is 51.9 Å². The summed E-state index contributed by atoms with van der Waals surface area (Å²) in [5.41, 5.74) is 3.71. The Morgan fingerprint density at radius 3 is 2.69 bits per heavy atom.